The molecule has 0 radical (unpaired) electrons. The number of aryl methyl sites for hydroxylation is 1. The molecule has 0 unspecified atom stereocenters. The molecule has 9 nitrogen and oxygen atoms in total. The molecular formula is C17H17BN4O5S. The van der Waals surface area contributed by atoms with Crippen LogP contribution in [0.1, 0.15) is 22.8 Å². The summed E-state index contributed by atoms with van der Waals surface area (Å²) in [6.07, 6.45) is 0.124. The van der Waals surface area contributed by atoms with Gasteiger partial charge in [0.15, 0.2) is 5.82 Å². The first-order valence-electron chi connectivity index (χ1n) is 8.45. The van der Waals surface area contributed by atoms with Crippen LogP contribution in [0.2, 0.25) is 0 Å². The number of hydrogen-bond donors (Lipinski definition) is 3. The summed E-state index contributed by atoms with van der Waals surface area (Å²) in [5.74, 6) is 0.748. The molecule has 0 spiro atoms. The number of hydrogen-bond acceptors (Lipinski definition) is 8. The molecule has 0 saturated carbocycles. The topological polar surface area (TPSA) is 141 Å². The lowest BCUT2D eigenvalue weighted by Crippen LogP contribution is -2.28. The molecular weight excluding hydrogens is 383 g/mol. The zero-order valence-corrected chi connectivity index (χ0v) is 15.7. The number of nitrogen functional groups attached to an aromatic ring is 1. The van der Waals surface area contributed by atoms with Gasteiger partial charge in [-0.05, 0) is 53.8 Å². The van der Waals surface area contributed by atoms with Crippen molar-refractivity contribution < 1.29 is 22.6 Å². The van der Waals surface area contributed by atoms with E-state index in [9.17, 15) is 13.4 Å². The lowest BCUT2D eigenvalue weighted by molar-refractivity contribution is 0.275. The highest BCUT2D eigenvalue weighted by Gasteiger charge is 2.28. The first kappa shape index (κ1) is 18.5. The minimum absolute atomic E-state index is 0.0508. The standard InChI is InChI=1S/C17H17BN4O5S/c1-10-20-17(27-21-10)7-12-6-13(19)3-5-16(12)28(24,25)22-14-4-2-11-9-26-18(23)15(11)8-14/h2-6,8,22-23H,7,9,19H2,1H3. The Bertz CT molecular complexity index is 1150. The molecule has 0 amide bonds. The average molecular weight is 400 g/mol. The van der Waals surface area contributed by atoms with Gasteiger partial charge in [-0.2, -0.15) is 4.98 Å². The van der Waals surface area contributed by atoms with Gasteiger partial charge in [-0.3, -0.25) is 4.72 Å². The Morgan fingerprint density at radius 3 is 2.86 bits per heavy atom. The fourth-order valence-corrected chi connectivity index (χ4v) is 4.33. The van der Waals surface area contributed by atoms with E-state index < -0.39 is 17.1 Å². The van der Waals surface area contributed by atoms with Gasteiger partial charge in [0.25, 0.3) is 10.0 Å². The monoisotopic (exact) mass is 400 g/mol. The molecule has 0 aliphatic carbocycles. The predicted molar refractivity (Wildman–Crippen MR) is 102 cm³/mol. The second-order valence-corrected chi connectivity index (χ2v) is 8.11. The lowest BCUT2D eigenvalue weighted by Gasteiger charge is -2.13. The van der Waals surface area contributed by atoms with Crippen LogP contribution in [0.15, 0.2) is 45.8 Å². The van der Waals surface area contributed by atoms with Crippen LogP contribution in [-0.2, 0) is 27.7 Å². The molecule has 1 aliphatic rings. The largest absolute Gasteiger partial charge is 0.491 e. The lowest BCUT2D eigenvalue weighted by atomic mass is 9.79. The molecule has 3 aromatic rings. The predicted octanol–water partition coefficient (Wildman–Crippen LogP) is 0.570. The number of nitrogens with two attached hydrogens (primary N) is 1. The minimum Gasteiger partial charge on any atom is -0.423 e. The average Bonchev–Trinajstić information content (AvgIpc) is 3.20. The van der Waals surface area contributed by atoms with E-state index in [0.717, 1.165) is 5.56 Å². The molecule has 4 rings (SSSR count). The quantitative estimate of drug-likeness (QED) is 0.417. The van der Waals surface area contributed by atoms with Crippen molar-refractivity contribution >= 4 is 34.0 Å². The summed E-state index contributed by atoms with van der Waals surface area (Å²) in [7, 11) is -4.99. The number of benzene rings is 2. The second kappa shape index (κ2) is 6.93. The maximum Gasteiger partial charge on any atom is 0.491 e. The van der Waals surface area contributed by atoms with E-state index in [1.165, 1.54) is 12.1 Å². The number of anilines is 2. The third-order valence-corrected chi connectivity index (χ3v) is 5.83. The first-order chi connectivity index (χ1) is 13.3. The maximum atomic E-state index is 13.0. The number of aromatic nitrogens is 2. The molecule has 11 heteroatoms. The van der Waals surface area contributed by atoms with E-state index in [-0.39, 0.29) is 23.8 Å². The second-order valence-electron chi connectivity index (χ2n) is 6.46. The van der Waals surface area contributed by atoms with Gasteiger partial charge in [-0.1, -0.05) is 11.2 Å². The van der Waals surface area contributed by atoms with E-state index in [1.54, 1.807) is 31.2 Å². The molecule has 0 bridgehead atoms. The number of sulfonamides is 1. The summed E-state index contributed by atoms with van der Waals surface area (Å²) < 4.78 is 38.8. The van der Waals surface area contributed by atoms with Crippen LogP contribution in [0.4, 0.5) is 11.4 Å². The molecule has 0 saturated heterocycles. The van der Waals surface area contributed by atoms with Crippen molar-refractivity contribution in [3.8, 4) is 0 Å². The normalized spacial score (nSPS) is 13.6. The van der Waals surface area contributed by atoms with Crippen LogP contribution < -0.4 is 15.9 Å². The van der Waals surface area contributed by atoms with Crippen LogP contribution in [0.3, 0.4) is 0 Å². The highest BCUT2D eigenvalue weighted by atomic mass is 32.2. The summed E-state index contributed by atoms with van der Waals surface area (Å²) in [6.45, 7) is 1.97. The summed E-state index contributed by atoms with van der Waals surface area (Å²) in [6, 6.07) is 9.40. The van der Waals surface area contributed by atoms with Gasteiger partial charge >= 0.3 is 7.12 Å². The Labute approximate surface area is 161 Å². The number of nitrogens with zero attached hydrogens (tertiary/aromatic N) is 2. The van der Waals surface area contributed by atoms with Gasteiger partial charge in [-0.25, -0.2) is 8.42 Å². The van der Waals surface area contributed by atoms with Crippen molar-refractivity contribution in [3.05, 3.63) is 59.2 Å². The Kier molecular flexibility index (Phi) is 4.57. The van der Waals surface area contributed by atoms with Crippen molar-refractivity contribution in [1.82, 2.24) is 10.1 Å². The summed E-state index contributed by atoms with van der Waals surface area (Å²) >= 11 is 0. The van der Waals surface area contributed by atoms with Crippen LogP contribution in [0, 0.1) is 6.92 Å². The van der Waals surface area contributed by atoms with Crippen molar-refractivity contribution in [1.29, 1.82) is 0 Å². The van der Waals surface area contributed by atoms with Crippen molar-refractivity contribution in [2.45, 2.75) is 24.8 Å². The highest BCUT2D eigenvalue weighted by molar-refractivity contribution is 7.92. The minimum atomic E-state index is -3.93. The SMILES string of the molecule is Cc1noc(Cc2cc(N)ccc2S(=O)(=O)Nc2ccc3c(c2)B(O)OC3)n1. The molecule has 0 atom stereocenters. The smallest absolute Gasteiger partial charge is 0.423 e. The van der Waals surface area contributed by atoms with E-state index in [2.05, 4.69) is 14.9 Å². The molecule has 1 aromatic heterocycles. The zero-order valence-electron chi connectivity index (χ0n) is 14.9. The van der Waals surface area contributed by atoms with Gasteiger partial charge < -0.3 is 19.9 Å². The fourth-order valence-electron chi connectivity index (χ4n) is 3.06. The van der Waals surface area contributed by atoms with E-state index in [1.807, 2.05) is 0 Å². The van der Waals surface area contributed by atoms with Crippen molar-refractivity contribution in [3.63, 3.8) is 0 Å². The fraction of sp³-hybridized carbons (Fsp3) is 0.176. The van der Waals surface area contributed by atoms with Crippen LogP contribution in [0.5, 0.6) is 0 Å². The van der Waals surface area contributed by atoms with E-state index in [4.69, 9.17) is 14.9 Å². The van der Waals surface area contributed by atoms with Gasteiger partial charge in [-0.15, -0.1) is 0 Å². The van der Waals surface area contributed by atoms with E-state index >= 15 is 0 Å². The zero-order chi connectivity index (χ0) is 19.9. The number of nitrogens with one attached hydrogen (secondary N) is 1. The Morgan fingerprint density at radius 1 is 1.29 bits per heavy atom. The Balaban J connectivity index is 1.67. The molecule has 2 heterocycles. The Morgan fingerprint density at radius 2 is 2.11 bits per heavy atom. The van der Waals surface area contributed by atoms with Gasteiger partial charge in [0.2, 0.25) is 5.89 Å². The maximum absolute atomic E-state index is 13.0. The first-order valence-corrected chi connectivity index (χ1v) is 9.93. The third-order valence-electron chi connectivity index (χ3n) is 4.35. The molecule has 4 N–H and O–H groups in total. The molecule has 144 valence electrons. The van der Waals surface area contributed by atoms with Crippen LogP contribution in [0.25, 0.3) is 0 Å². The molecule has 1 aliphatic heterocycles. The van der Waals surface area contributed by atoms with E-state index in [0.29, 0.717) is 28.2 Å². The molecule has 2 aromatic carbocycles. The Hall–Kier alpha value is -2.89. The van der Waals surface area contributed by atoms with Crippen molar-refractivity contribution in [2.75, 3.05) is 10.5 Å². The van der Waals surface area contributed by atoms with Gasteiger partial charge in [0.1, 0.15) is 0 Å². The summed E-state index contributed by atoms with van der Waals surface area (Å²) in [5.41, 5.74) is 8.36. The van der Waals surface area contributed by atoms with Crippen LogP contribution in [-0.4, -0.2) is 30.7 Å². The number of rotatable bonds is 5. The molecule has 28 heavy (non-hydrogen) atoms. The summed E-state index contributed by atoms with van der Waals surface area (Å²) in [4.78, 5) is 4.17. The third kappa shape index (κ3) is 3.59. The number of fused-ring (bicyclic) bond motifs is 1. The molecule has 0 fully saturated rings. The van der Waals surface area contributed by atoms with Gasteiger partial charge in [0, 0.05) is 11.4 Å². The van der Waals surface area contributed by atoms with Gasteiger partial charge in [0.05, 0.1) is 17.9 Å². The van der Waals surface area contributed by atoms with Crippen molar-refractivity contribution in [2.24, 2.45) is 0 Å². The highest BCUT2D eigenvalue weighted by Crippen LogP contribution is 2.24. The van der Waals surface area contributed by atoms with Crippen LogP contribution >= 0.6 is 0 Å². The summed E-state index contributed by atoms with van der Waals surface area (Å²) in [5, 5.41) is 13.5.